The second kappa shape index (κ2) is 8.07. The molecule has 0 bridgehead atoms. The number of hydrogen-bond acceptors (Lipinski definition) is 6. The van der Waals surface area contributed by atoms with E-state index >= 15 is 0 Å². The van der Waals surface area contributed by atoms with Crippen molar-refractivity contribution in [2.45, 2.75) is 38.8 Å². The Balaban J connectivity index is 1.50. The standard InChI is InChI=1S/C24H23N5OS/c1-14-3-5-16(6-4-14)20(17-9-11-25-12-10-17)29-23(30)21-15(2)19-22(28-18-7-8-18)26-13-27-24(19)31-21/h3-6,9-13,18,20H,7-8H2,1-2H3,(H,29,30)(H,26,27,28). The van der Waals surface area contributed by atoms with Gasteiger partial charge in [0.05, 0.1) is 16.3 Å². The van der Waals surface area contributed by atoms with Gasteiger partial charge in [-0.15, -0.1) is 11.3 Å². The third-order valence-corrected chi connectivity index (χ3v) is 6.78. The van der Waals surface area contributed by atoms with E-state index in [1.807, 2.05) is 19.1 Å². The Hall–Kier alpha value is -3.32. The third-order valence-electron chi connectivity index (χ3n) is 5.58. The lowest BCUT2D eigenvalue weighted by Gasteiger charge is -2.20. The fraction of sp³-hybridized carbons (Fsp3) is 0.250. The van der Waals surface area contributed by atoms with E-state index in [2.05, 4.69) is 56.8 Å². The molecule has 0 saturated heterocycles. The van der Waals surface area contributed by atoms with E-state index in [0.717, 1.165) is 45.6 Å². The fourth-order valence-corrected chi connectivity index (χ4v) is 4.74. The smallest absolute Gasteiger partial charge is 0.262 e. The molecule has 0 spiro atoms. The highest BCUT2D eigenvalue weighted by atomic mass is 32.1. The highest BCUT2D eigenvalue weighted by Gasteiger charge is 2.26. The fourth-order valence-electron chi connectivity index (χ4n) is 3.69. The lowest BCUT2D eigenvalue weighted by molar-refractivity contribution is 0.0946. The number of anilines is 1. The van der Waals surface area contributed by atoms with Gasteiger partial charge in [-0.2, -0.15) is 0 Å². The zero-order valence-electron chi connectivity index (χ0n) is 17.4. The minimum atomic E-state index is -0.268. The molecule has 2 N–H and O–H groups in total. The number of carbonyl (C=O) groups is 1. The van der Waals surface area contributed by atoms with Crippen LogP contribution in [0.25, 0.3) is 10.2 Å². The Labute approximate surface area is 184 Å². The van der Waals surface area contributed by atoms with Crippen LogP contribution in [0.15, 0.2) is 55.1 Å². The molecule has 1 fully saturated rings. The van der Waals surface area contributed by atoms with Crippen LogP contribution >= 0.6 is 11.3 Å². The first kappa shape index (κ1) is 19.6. The predicted molar refractivity (Wildman–Crippen MR) is 124 cm³/mol. The highest BCUT2D eigenvalue weighted by Crippen LogP contribution is 2.36. The summed E-state index contributed by atoms with van der Waals surface area (Å²) in [7, 11) is 0. The van der Waals surface area contributed by atoms with Crippen LogP contribution in [0.3, 0.4) is 0 Å². The summed E-state index contributed by atoms with van der Waals surface area (Å²) in [5.41, 5.74) is 4.11. The molecule has 5 rings (SSSR count). The second-order valence-electron chi connectivity index (χ2n) is 7.97. The van der Waals surface area contributed by atoms with Gasteiger partial charge in [-0.05, 0) is 55.5 Å². The molecule has 1 unspecified atom stereocenters. The SMILES string of the molecule is Cc1ccc(C(NC(=O)c2sc3ncnc(NC4CC4)c3c2C)c2ccncc2)cc1. The number of benzene rings is 1. The monoisotopic (exact) mass is 429 g/mol. The van der Waals surface area contributed by atoms with Crippen LogP contribution in [0.1, 0.15) is 50.8 Å². The van der Waals surface area contributed by atoms with Crippen LogP contribution in [0.4, 0.5) is 5.82 Å². The van der Waals surface area contributed by atoms with Gasteiger partial charge in [0, 0.05) is 18.4 Å². The average molecular weight is 430 g/mol. The van der Waals surface area contributed by atoms with Gasteiger partial charge in [-0.3, -0.25) is 9.78 Å². The van der Waals surface area contributed by atoms with Crippen LogP contribution in [0.5, 0.6) is 0 Å². The van der Waals surface area contributed by atoms with Gasteiger partial charge in [0.2, 0.25) is 0 Å². The summed E-state index contributed by atoms with van der Waals surface area (Å²) in [5.74, 6) is 0.713. The van der Waals surface area contributed by atoms with Crippen molar-refractivity contribution < 1.29 is 4.79 Å². The predicted octanol–water partition coefficient (Wildman–Crippen LogP) is 4.80. The number of carbonyl (C=O) groups excluding carboxylic acids is 1. The van der Waals surface area contributed by atoms with E-state index in [0.29, 0.717) is 10.9 Å². The normalized spacial score (nSPS) is 14.4. The summed E-state index contributed by atoms with van der Waals surface area (Å²) < 4.78 is 0. The van der Waals surface area contributed by atoms with Gasteiger partial charge >= 0.3 is 0 Å². The molecule has 3 heterocycles. The van der Waals surface area contributed by atoms with Crippen molar-refractivity contribution >= 4 is 33.3 Å². The highest BCUT2D eigenvalue weighted by molar-refractivity contribution is 7.20. The largest absolute Gasteiger partial charge is 0.367 e. The van der Waals surface area contributed by atoms with Gasteiger partial charge < -0.3 is 10.6 Å². The van der Waals surface area contributed by atoms with Gasteiger partial charge in [-0.1, -0.05) is 29.8 Å². The van der Waals surface area contributed by atoms with Crippen LogP contribution in [0.2, 0.25) is 0 Å². The number of nitrogens with one attached hydrogen (secondary N) is 2. The third kappa shape index (κ3) is 4.01. The molecule has 156 valence electrons. The summed E-state index contributed by atoms with van der Waals surface area (Å²) in [6.07, 6.45) is 7.38. The van der Waals surface area contributed by atoms with E-state index < -0.39 is 0 Å². The number of rotatable bonds is 6. The van der Waals surface area contributed by atoms with Crippen molar-refractivity contribution in [3.05, 3.63) is 82.3 Å². The molecule has 4 aromatic rings. The molecule has 1 aliphatic carbocycles. The molecule has 1 saturated carbocycles. The minimum Gasteiger partial charge on any atom is -0.367 e. The number of thiophene rings is 1. The maximum Gasteiger partial charge on any atom is 0.262 e. The van der Waals surface area contributed by atoms with Crippen molar-refractivity contribution in [2.24, 2.45) is 0 Å². The Bertz CT molecular complexity index is 1230. The summed E-state index contributed by atoms with van der Waals surface area (Å²) in [5, 5.41) is 7.65. The molecular formula is C24H23N5OS. The number of fused-ring (bicyclic) bond motifs is 1. The van der Waals surface area contributed by atoms with Gasteiger partial charge in [0.15, 0.2) is 0 Å². The first-order valence-corrected chi connectivity index (χ1v) is 11.2. The number of pyridine rings is 1. The van der Waals surface area contributed by atoms with E-state index in [1.54, 1.807) is 18.7 Å². The molecule has 6 nitrogen and oxygen atoms in total. The topological polar surface area (TPSA) is 79.8 Å². The molecule has 1 amide bonds. The maximum absolute atomic E-state index is 13.4. The van der Waals surface area contributed by atoms with Crippen LogP contribution in [-0.4, -0.2) is 26.9 Å². The van der Waals surface area contributed by atoms with Crippen molar-refractivity contribution in [1.82, 2.24) is 20.3 Å². The molecule has 0 aliphatic heterocycles. The molecule has 3 aromatic heterocycles. The molecule has 1 aromatic carbocycles. The first-order valence-electron chi connectivity index (χ1n) is 10.4. The zero-order valence-corrected chi connectivity index (χ0v) is 18.2. The summed E-state index contributed by atoms with van der Waals surface area (Å²) in [4.78, 5) is 27.9. The first-order chi connectivity index (χ1) is 15.1. The number of nitrogens with zero attached hydrogens (tertiary/aromatic N) is 3. The molecule has 1 atom stereocenters. The van der Waals surface area contributed by atoms with Crippen molar-refractivity contribution in [1.29, 1.82) is 0 Å². The minimum absolute atomic E-state index is 0.111. The number of aryl methyl sites for hydroxylation is 2. The van der Waals surface area contributed by atoms with Gasteiger partial charge in [0.25, 0.3) is 5.91 Å². The Morgan fingerprint density at radius 2 is 1.74 bits per heavy atom. The maximum atomic E-state index is 13.4. The number of amides is 1. The van der Waals surface area contributed by atoms with E-state index in [4.69, 9.17) is 0 Å². The van der Waals surface area contributed by atoms with Crippen molar-refractivity contribution in [3.8, 4) is 0 Å². The van der Waals surface area contributed by atoms with Crippen molar-refractivity contribution in [2.75, 3.05) is 5.32 Å². The van der Waals surface area contributed by atoms with E-state index in [9.17, 15) is 4.79 Å². The Kier molecular flexibility index (Phi) is 5.11. The van der Waals surface area contributed by atoms with E-state index in [1.165, 1.54) is 16.9 Å². The second-order valence-corrected chi connectivity index (χ2v) is 8.97. The lowest BCUT2D eigenvalue weighted by Crippen LogP contribution is -2.29. The lowest BCUT2D eigenvalue weighted by atomic mass is 9.98. The molecule has 7 heteroatoms. The molecule has 31 heavy (non-hydrogen) atoms. The molecular weight excluding hydrogens is 406 g/mol. The van der Waals surface area contributed by atoms with Crippen LogP contribution in [-0.2, 0) is 0 Å². The number of aromatic nitrogens is 3. The summed E-state index contributed by atoms with van der Waals surface area (Å²) in [6, 6.07) is 12.3. The summed E-state index contributed by atoms with van der Waals surface area (Å²) >= 11 is 1.41. The van der Waals surface area contributed by atoms with E-state index in [-0.39, 0.29) is 11.9 Å². The molecule has 1 aliphatic rings. The zero-order chi connectivity index (χ0) is 21.4. The average Bonchev–Trinajstić information content (AvgIpc) is 3.54. The quantitative estimate of drug-likeness (QED) is 0.460. The Morgan fingerprint density at radius 1 is 1.03 bits per heavy atom. The Morgan fingerprint density at radius 3 is 2.45 bits per heavy atom. The van der Waals surface area contributed by atoms with Gasteiger partial charge in [-0.25, -0.2) is 9.97 Å². The van der Waals surface area contributed by atoms with Crippen LogP contribution in [0, 0.1) is 13.8 Å². The summed E-state index contributed by atoms with van der Waals surface area (Å²) in [6.45, 7) is 4.03. The number of hydrogen-bond donors (Lipinski definition) is 2. The van der Waals surface area contributed by atoms with Crippen LogP contribution < -0.4 is 10.6 Å². The van der Waals surface area contributed by atoms with Gasteiger partial charge in [0.1, 0.15) is 17.0 Å². The molecule has 0 radical (unpaired) electrons. The van der Waals surface area contributed by atoms with Crippen molar-refractivity contribution in [3.63, 3.8) is 0 Å².